The Balaban J connectivity index is 2.01. The Bertz CT molecular complexity index is 540. The molecule has 1 aliphatic heterocycles. The van der Waals surface area contributed by atoms with Crippen LogP contribution in [0, 0.1) is 9.39 Å². The van der Waals surface area contributed by atoms with Gasteiger partial charge in [0.25, 0.3) is 0 Å². The third-order valence-electron chi connectivity index (χ3n) is 2.75. The molecule has 0 radical (unpaired) electrons. The van der Waals surface area contributed by atoms with Crippen molar-refractivity contribution in [2.45, 2.75) is 6.10 Å². The number of nitrogens with zero attached hydrogens (tertiary/aromatic N) is 1. The first kappa shape index (κ1) is 14.8. The Hall–Kier alpha value is -1.58. The number of cyclic esters (lactones) is 1. The van der Waals surface area contributed by atoms with Gasteiger partial charge in [-0.1, -0.05) is 0 Å². The Morgan fingerprint density at radius 2 is 2.40 bits per heavy atom. The summed E-state index contributed by atoms with van der Waals surface area (Å²) < 4.78 is 23.5. The van der Waals surface area contributed by atoms with E-state index in [4.69, 9.17) is 4.74 Å². The molecule has 0 bridgehead atoms. The Morgan fingerprint density at radius 1 is 1.65 bits per heavy atom. The molecule has 108 valence electrons. The zero-order valence-electron chi connectivity index (χ0n) is 10.6. The fourth-order valence-electron chi connectivity index (χ4n) is 1.76. The lowest BCUT2D eigenvalue weighted by atomic mass is 10.2. The maximum atomic E-state index is 13.5. The van der Waals surface area contributed by atoms with Crippen LogP contribution in [0.4, 0.5) is 19.7 Å². The van der Waals surface area contributed by atoms with Crippen molar-refractivity contribution < 1.29 is 23.5 Å². The van der Waals surface area contributed by atoms with E-state index >= 15 is 0 Å². The zero-order valence-corrected chi connectivity index (χ0v) is 12.7. The van der Waals surface area contributed by atoms with E-state index < -0.39 is 24.1 Å². The van der Waals surface area contributed by atoms with Gasteiger partial charge in [0.1, 0.15) is 11.9 Å². The summed E-state index contributed by atoms with van der Waals surface area (Å²) in [5.41, 5.74) is 0.425. The molecule has 2 amide bonds. The number of ether oxygens (including phenoxy) is 2. The lowest BCUT2D eigenvalue weighted by molar-refractivity contribution is 0.132. The summed E-state index contributed by atoms with van der Waals surface area (Å²) in [6, 6.07) is 4.50. The predicted molar refractivity (Wildman–Crippen MR) is 77.1 cm³/mol. The molecule has 6 nitrogen and oxygen atoms in total. The van der Waals surface area contributed by atoms with Crippen molar-refractivity contribution in [2.75, 3.05) is 25.1 Å². The standard InChI is InChI=1S/C12H12FIN2O4/c1-19-11(17)15-5-8-6-16(12(18)20-8)7-2-3-10(14)9(13)4-7/h2-4,8H,5-6H2,1H3,(H,15,17)/t8-/m0/s1. The number of alkyl carbamates (subject to hydrolysis) is 1. The molecule has 1 heterocycles. The molecule has 20 heavy (non-hydrogen) atoms. The fraction of sp³-hybridized carbons (Fsp3) is 0.333. The fourth-order valence-corrected chi connectivity index (χ4v) is 2.10. The smallest absolute Gasteiger partial charge is 0.414 e. The quantitative estimate of drug-likeness (QED) is 0.798. The number of carbonyl (C=O) groups excluding carboxylic acids is 2. The Labute approximate surface area is 128 Å². The van der Waals surface area contributed by atoms with E-state index in [0.29, 0.717) is 9.26 Å². The van der Waals surface area contributed by atoms with E-state index in [-0.39, 0.29) is 13.1 Å². The predicted octanol–water partition coefficient (Wildman–Crippen LogP) is 2.11. The summed E-state index contributed by atoms with van der Waals surface area (Å²) >= 11 is 1.87. The van der Waals surface area contributed by atoms with Gasteiger partial charge < -0.3 is 14.8 Å². The van der Waals surface area contributed by atoms with Crippen molar-refractivity contribution in [3.8, 4) is 0 Å². The second-order valence-corrected chi connectivity index (χ2v) is 5.25. The summed E-state index contributed by atoms with van der Waals surface area (Å²) in [7, 11) is 1.25. The number of carbonyl (C=O) groups is 2. The van der Waals surface area contributed by atoms with Gasteiger partial charge in [-0.05, 0) is 40.8 Å². The van der Waals surface area contributed by atoms with Crippen LogP contribution in [-0.4, -0.2) is 38.5 Å². The molecule has 2 rings (SSSR count). The number of hydrogen-bond donors (Lipinski definition) is 1. The number of anilines is 1. The second-order valence-electron chi connectivity index (χ2n) is 4.09. The minimum Gasteiger partial charge on any atom is -0.453 e. The van der Waals surface area contributed by atoms with Crippen LogP contribution in [0.5, 0.6) is 0 Å². The topological polar surface area (TPSA) is 67.9 Å². The van der Waals surface area contributed by atoms with Crippen molar-refractivity contribution in [1.82, 2.24) is 5.32 Å². The number of halogens is 2. The Kier molecular flexibility index (Phi) is 4.63. The van der Waals surface area contributed by atoms with Gasteiger partial charge in [0, 0.05) is 3.57 Å². The Morgan fingerprint density at radius 3 is 3.05 bits per heavy atom. The molecule has 1 N–H and O–H groups in total. The average molecular weight is 394 g/mol. The van der Waals surface area contributed by atoms with E-state index in [1.807, 2.05) is 22.6 Å². The number of rotatable bonds is 3. The van der Waals surface area contributed by atoms with Gasteiger partial charge in [0.05, 0.1) is 25.9 Å². The van der Waals surface area contributed by atoms with Crippen LogP contribution in [-0.2, 0) is 9.47 Å². The lowest BCUT2D eigenvalue weighted by Crippen LogP contribution is -2.34. The highest BCUT2D eigenvalue weighted by Gasteiger charge is 2.32. The first-order valence-electron chi connectivity index (χ1n) is 5.76. The lowest BCUT2D eigenvalue weighted by Gasteiger charge is -2.13. The van der Waals surface area contributed by atoms with E-state index in [0.717, 1.165) is 0 Å². The monoisotopic (exact) mass is 394 g/mol. The van der Waals surface area contributed by atoms with Crippen molar-refractivity contribution >= 4 is 40.5 Å². The SMILES string of the molecule is COC(=O)NC[C@H]1CN(c2ccc(I)c(F)c2)C(=O)O1. The van der Waals surface area contributed by atoms with Gasteiger partial charge in [0.15, 0.2) is 0 Å². The van der Waals surface area contributed by atoms with Crippen molar-refractivity contribution in [3.05, 3.63) is 27.6 Å². The number of hydrogen-bond acceptors (Lipinski definition) is 4. The minimum atomic E-state index is -0.597. The van der Waals surface area contributed by atoms with Gasteiger partial charge in [-0.2, -0.15) is 0 Å². The molecule has 1 atom stereocenters. The number of methoxy groups -OCH3 is 1. The molecule has 0 aromatic heterocycles. The molecule has 8 heteroatoms. The van der Waals surface area contributed by atoms with Crippen LogP contribution >= 0.6 is 22.6 Å². The normalized spacial score (nSPS) is 17.9. The summed E-state index contributed by atoms with van der Waals surface area (Å²) in [5, 5.41) is 2.45. The van der Waals surface area contributed by atoms with E-state index in [9.17, 15) is 14.0 Å². The minimum absolute atomic E-state index is 0.141. The second kappa shape index (κ2) is 6.25. The molecule has 1 aromatic rings. The first-order valence-corrected chi connectivity index (χ1v) is 6.84. The highest BCUT2D eigenvalue weighted by atomic mass is 127. The number of benzene rings is 1. The molecular formula is C12H12FIN2O4. The zero-order chi connectivity index (χ0) is 14.7. The van der Waals surface area contributed by atoms with Crippen LogP contribution < -0.4 is 10.2 Å². The van der Waals surface area contributed by atoms with Crippen molar-refractivity contribution in [3.63, 3.8) is 0 Å². The van der Waals surface area contributed by atoms with Gasteiger partial charge in [0.2, 0.25) is 0 Å². The third kappa shape index (κ3) is 3.30. The van der Waals surface area contributed by atoms with Gasteiger partial charge in [-0.25, -0.2) is 14.0 Å². The van der Waals surface area contributed by atoms with Crippen LogP contribution in [0.2, 0.25) is 0 Å². The maximum absolute atomic E-state index is 13.5. The van der Waals surface area contributed by atoms with Gasteiger partial charge >= 0.3 is 12.2 Å². The molecule has 1 fully saturated rings. The summed E-state index contributed by atoms with van der Waals surface area (Å²) in [5.74, 6) is -0.396. The van der Waals surface area contributed by atoms with Crippen molar-refractivity contribution in [1.29, 1.82) is 0 Å². The van der Waals surface area contributed by atoms with E-state index in [1.165, 1.54) is 18.1 Å². The van der Waals surface area contributed by atoms with E-state index in [2.05, 4.69) is 10.1 Å². The average Bonchev–Trinajstić information content (AvgIpc) is 2.80. The van der Waals surface area contributed by atoms with Gasteiger partial charge in [-0.15, -0.1) is 0 Å². The molecule has 0 aliphatic carbocycles. The largest absolute Gasteiger partial charge is 0.453 e. The van der Waals surface area contributed by atoms with Crippen LogP contribution in [0.1, 0.15) is 0 Å². The third-order valence-corrected chi connectivity index (χ3v) is 3.62. The first-order chi connectivity index (χ1) is 9.51. The summed E-state index contributed by atoms with van der Waals surface area (Å²) in [6.45, 7) is 0.380. The van der Waals surface area contributed by atoms with E-state index in [1.54, 1.807) is 12.1 Å². The highest BCUT2D eigenvalue weighted by Crippen LogP contribution is 2.24. The van der Waals surface area contributed by atoms with Crippen LogP contribution in [0.15, 0.2) is 18.2 Å². The van der Waals surface area contributed by atoms with Crippen LogP contribution in [0.3, 0.4) is 0 Å². The molecule has 1 aromatic carbocycles. The van der Waals surface area contributed by atoms with Crippen LogP contribution in [0.25, 0.3) is 0 Å². The molecule has 0 spiro atoms. The number of nitrogens with one attached hydrogen (secondary N) is 1. The van der Waals surface area contributed by atoms with Gasteiger partial charge in [-0.3, -0.25) is 4.90 Å². The van der Waals surface area contributed by atoms with Crippen molar-refractivity contribution in [2.24, 2.45) is 0 Å². The molecule has 0 saturated carbocycles. The maximum Gasteiger partial charge on any atom is 0.414 e. The number of amides is 2. The molecular weight excluding hydrogens is 382 g/mol. The molecule has 0 unspecified atom stereocenters. The highest BCUT2D eigenvalue weighted by molar-refractivity contribution is 14.1. The molecule has 1 aliphatic rings. The summed E-state index contributed by atoms with van der Waals surface area (Å²) in [6.07, 6.45) is -1.66. The molecule has 1 saturated heterocycles. The summed E-state index contributed by atoms with van der Waals surface area (Å²) in [4.78, 5) is 24.0.